The van der Waals surface area contributed by atoms with Crippen molar-refractivity contribution in [2.45, 2.75) is 37.2 Å². The molecule has 106 valence electrons. The van der Waals surface area contributed by atoms with Crippen LogP contribution >= 0.6 is 0 Å². The molecule has 1 aromatic carbocycles. The van der Waals surface area contributed by atoms with Crippen molar-refractivity contribution >= 4 is 15.7 Å². The second kappa shape index (κ2) is 5.48. The molecule has 1 aliphatic carbocycles. The van der Waals surface area contributed by atoms with Gasteiger partial charge in [0.05, 0.1) is 11.0 Å². The number of hydrogen-bond acceptors (Lipinski definition) is 4. The van der Waals surface area contributed by atoms with E-state index in [-0.39, 0.29) is 16.9 Å². The predicted molar refractivity (Wildman–Crippen MR) is 74.1 cm³/mol. The molecule has 1 fully saturated rings. The molecule has 0 radical (unpaired) electrons. The highest BCUT2D eigenvalue weighted by Gasteiger charge is 2.24. The number of aryl methyl sites for hydroxylation is 1. The molecular weight excluding hydrogens is 264 g/mol. The van der Waals surface area contributed by atoms with E-state index in [0.29, 0.717) is 18.7 Å². The van der Waals surface area contributed by atoms with Crippen LogP contribution in [0.25, 0.3) is 0 Å². The minimum atomic E-state index is -3.49. The number of sulfonamides is 1. The fourth-order valence-corrected chi connectivity index (χ4v) is 3.56. The average molecular weight is 284 g/mol. The first-order chi connectivity index (χ1) is 8.88. The molecule has 4 N–H and O–H groups in total. The maximum atomic E-state index is 12.1. The monoisotopic (exact) mass is 284 g/mol. The lowest BCUT2D eigenvalue weighted by Gasteiger charge is -2.12. The van der Waals surface area contributed by atoms with E-state index < -0.39 is 10.0 Å². The van der Waals surface area contributed by atoms with Gasteiger partial charge in [-0.25, -0.2) is 13.1 Å². The van der Waals surface area contributed by atoms with Crippen LogP contribution in [0.2, 0.25) is 0 Å². The lowest BCUT2D eigenvalue weighted by molar-refractivity contribution is 0.178. The first-order valence-corrected chi connectivity index (χ1v) is 7.90. The normalized spacial score (nSPS) is 23.7. The molecule has 5 nitrogen and oxygen atoms in total. The number of hydrogen-bond donors (Lipinski definition) is 3. The van der Waals surface area contributed by atoms with Crippen molar-refractivity contribution in [3.05, 3.63) is 23.8 Å². The minimum absolute atomic E-state index is 0.222. The van der Waals surface area contributed by atoms with Crippen molar-refractivity contribution in [1.29, 1.82) is 0 Å². The van der Waals surface area contributed by atoms with E-state index in [1.54, 1.807) is 19.1 Å². The first kappa shape index (κ1) is 14.3. The van der Waals surface area contributed by atoms with Crippen LogP contribution in [0.5, 0.6) is 0 Å². The standard InChI is InChI=1S/C13H20N2O3S/c1-9-6-12(4-5-13(9)14)19(17,18)15-8-10-2-3-11(16)7-10/h4-6,10-11,15-16H,2-3,7-8,14H2,1H3. The number of nitrogens with two attached hydrogens (primary N) is 1. The molecule has 0 aliphatic heterocycles. The van der Waals surface area contributed by atoms with Gasteiger partial charge in [0.1, 0.15) is 0 Å². The summed E-state index contributed by atoms with van der Waals surface area (Å²) in [5.41, 5.74) is 7.01. The third-order valence-corrected chi connectivity index (χ3v) is 5.05. The summed E-state index contributed by atoms with van der Waals surface area (Å²) in [6, 6.07) is 4.68. The molecule has 0 heterocycles. The average Bonchev–Trinajstić information content (AvgIpc) is 2.76. The summed E-state index contributed by atoms with van der Waals surface area (Å²) in [4.78, 5) is 0.234. The number of benzene rings is 1. The molecule has 1 aliphatic rings. The Morgan fingerprint density at radius 2 is 2.16 bits per heavy atom. The predicted octanol–water partition coefficient (Wildman–Crippen LogP) is 1.02. The zero-order valence-electron chi connectivity index (χ0n) is 11.0. The Labute approximate surface area is 113 Å². The molecule has 6 heteroatoms. The van der Waals surface area contributed by atoms with Gasteiger partial charge in [-0.15, -0.1) is 0 Å². The van der Waals surface area contributed by atoms with Crippen LogP contribution in [0, 0.1) is 12.8 Å². The van der Waals surface area contributed by atoms with Crippen LogP contribution in [0.15, 0.2) is 23.1 Å². The quantitative estimate of drug-likeness (QED) is 0.720. The number of anilines is 1. The van der Waals surface area contributed by atoms with Gasteiger partial charge in [-0.1, -0.05) is 0 Å². The SMILES string of the molecule is Cc1cc(S(=O)(=O)NCC2CCC(O)C2)ccc1N. The number of aliphatic hydroxyl groups excluding tert-OH is 1. The van der Waals surface area contributed by atoms with Crippen LogP contribution in [0.3, 0.4) is 0 Å². The molecule has 0 aromatic heterocycles. The van der Waals surface area contributed by atoms with E-state index in [9.17, 15) is 13.5 Å². The van der Waals surface area contributed by atoms with Crippen LogP contribution in [-0.2, 0) is 10.0 Å². The Morgan fingerprint density at radius 1 is 1.42 bits per heavy atom. The molecule has 1 saturated carbocycles. The Balaban J connectivity index is 2.03. The van der Waals surface area contributed by atoms with Gasteiger partial charge in [-0.3, -0.25) is 0 Å². The van der Waals surface area contributed by atoms with Gasteiger partial charge in [0.15, 0.2) is 0 Å². The highest BCUT2D eigenvalue weighted by Crippen LogP contribution is 2.25. The Bertz CT molecular complexity index is 557. The van der Waals surface area contributed by atoms with Gasteiger partial charge in [0.25, 0.3) is 0 Å². The topological polar surface area (TPSA) is 92.4 Å². The molecule has 0 saturated heterocycles. The van der Waals surface area contributed by atoms with E-state index in [0.717, 1.165) is 18.4 Å². The molecule has 2 unspecified atom stereocenters. The first-order valence-electron chi connectivity index (χ1n) is 6.42. The van der Waals surface area contributed by atoms with Gasteiger partial charge >= 0.3 is 0 Å². The minimum Gasteiger partial charge on any atom is -0.399 e. The maximum Gasteiger partial charge on any atom is 0.240 e. The van der Waals surface area contributed by atoms with Gasteiger partial charge < -0.3 is 10.8 Å². The number of nitrogens with one attached hydrogen (secondary N) is 1. The smallest absolute Gasteiger partial charge is 0.240 e. The maximum absolute atomic E-state index is 12.1. The zero-order chi connectivity index (χ0) is 14.0. The fraction of sp³-hybridized carbons (Fsp3) is 0.538. The third kappa shape index (κ3) is 3.46. The third-order valence-electron chi connectivity index (χ3n) is 3.63. The van der Waals surface area contributed by atoms with Crippen molar-refractivity contribution in [1.82, 2.24) is 4.72 Å². The van der Waals surface area contributed by atoms with Crippen LogP contribution in [0.4, 0.5) is 5.69 Å². The number of rotatable bonds is 4. The van der Waals surface area contributed by atoms with Crippen LogP contribution < -0.4 is 10.5 Å². The van der Waals surface area contributed by atoms with Crippen molar-refractivity contribution < 1.29 is 13.5 Å². The van der Waals surface area contributed by atoms with E-state index in [4.69, 9.17) is 5.73 Å². The number of aliphatic hydroxyl groups is 1. The van der Waals surface area contributed by atoms with E-state index in [2.05, 4.69) is 4.72 Å². The molecule has 19 heavy (non-hydrogen) atoms. The molecule has 1 aromatic rings. The van der Waals surface area contributed by atoms with E-state index in [1.165, 1.54) is 6.07 Å². The van der Waals surface area contributed by atoms with Gasteiger partial charge in [-0.05, 0) is 55.9 Å². The summed E-state index contributed by atoms with van der Waals surface area (Å²) in [6.45, 7) is 2.16. The summed E-state index contributed by atoms with van der Waals surface area (Å²) < 4.78 is 26.8. The second-order valence-electron chi connectivity index (χ2n) is 5.20. The van der Waals surface area contributed by atoms with Crippen molar-refractivity contribution in [3.8, 4) is 0 Å². The summed E-state index contributed by atoms with van der Waals surface area (Å²) in [5, 5.41) is 9.42. The van der Waals surface area contributed by atoms with Gasteiger partial charge in [0.2, 0.25) is 10.0 Å². The van der Waals surface area contributed by atoms with Crippen molar-refractivity contribution in [2.75, 3.05) is 12.3 Å². The van der Waals surface area contributed by atoms with Crippen LogP contribution in [-0.4, -0.2) is 26.2 Å². The molecule has 0 amide bonds. The van der Waals surface area contributed by atoms with E-state index in [1.807, 2.05) is 0 Å². The Hall–Kier alpha value is -1.11. The molecule has 0 bridgehead atoms. The Kier molecular flexibility index (Phi) is 4.13. The molecule has 0 spiro atoms. The molecule has 2 atom stereocenters. The summed E-state index contributed by atoms with van der Waals surface area (Å²) in [5.74, 6) is 0.222. The summed E-state index contributed by atoms with van der Waals surface area (Å²) in [6.07, 6.45) is 2.01. The fourth-order valence-electron chi connectivity index (χ4n) is 2.36. The van der Waals surface area contributed by atoms with E-state index >= 15 is 0 Å². The molecular formula is C13H20N2O3S. The largest absolute Gasteiger partial charge is 0.399 e. The summed E-state index contributed by atoms with van der Waals surface area (Å²) >= 11 is 0. The zero-order valence-corrected chi connectivity index (χ0v) is 11.8. The second-order valence-corrected chi connectivity index (χ2v) is 6.97. The number of nitrogen functional groups attached to an aromatic ring is 1. The highest BCUT2D eigenvalue weighted by molar-refractivity contribution is 7.89. The Morgan fingerprint density at radius 3 is 2.74 bits per heavy atom. The van der Waals surface area contributed by atoms with Gasteiger partial charge in [-0.2, -0.15) is 0 Å². The molecule has 2 rings (SSSR count). The van der Waals surface area contributed by atoms with Crippen LogP contribution in [0.1, 0.15) is 24.8 Å². The summed E-state index contributed by atoms with van der Waals surface area (Å²) in [7, 11) is -3.49. The van der Waals surface area contributed by atoms with Crippen molar-refractivity contribution in [3.63, 3.8) is 0 Å². The lowest BCUT2D eigenvalue weighted by atomic mass is 10.1. The van der Waals surface area contributed by atoms with Crippen molar-refractivity contribution in [2.24, 2.45) is 5.92 Å². The lowest BCUT2D eigenvalue weighted by Crippen LogP contribution is -2.28. The highest BCUT2D eigenvalue weighted by atomic mass is 32.2. The van der Waals surface area contributed by atoms with Gasteiger partial charge in [0, 0.05) is 12.2 Å².